The van der Waals surface area contributed by atoms with Gasteiger partial charge in [0.05, 0.1) is 25.2 Å². The molecule has 0 fully saturated rings. The van der Waals surface area contributed by atoms with E-state index in [1.165, 1.54) is 17.0 Å². The summed E-state index contributed by atoms with van der Waals surface area (Å²) in [5.74, 6) is -0.335. The first kappa shape index (κ1) is 17.5. The zero-order valence-corrected chi connectivity index (χ0v) is 12.4. The second-order valence-corrected chi connectivity index (χ2v) is 4.89. The molecule has 6 heteroatoms. The summed E-state index contributed by atoms with van der Waals surface area (Å²) in [5.41, 5.74) is -0.498. The zero-order chi connectivity index (χ0) is 15.9. The van der Waals surface area contributed by atoms with Crippen LogP contribution in [-0.2, 0) is 6.18 Å². The quantitative estimate of drug-likeness (QED) is 0.739. The fraction of sp³-hybridized carbons (Fsp3) is 0.533. The third-order valence-corrected chi connectivity index (χ3v) is 3.47. The molecule has 0 aliphatic carbocycles. The van der Waals surface area contributed by atoms with Gasteiger partial charge in [0.25, 0.3) is 5.91 Å². The van der Waals surface area contributed by atoms with Gasteiger partial charge in [-0.05, 0) is 38.1 Å². The van der Waals surface area contributed by atoms with Crippen molar-refractivity contribution in [2.75, 3.05) is 26.2 Å². The summed E-state index contributed by atoms with van der Waals surface area (Å²) in [5, 5.41) is 2.73. The maximum Gasteiger partial charge on any atom is 0.416 e. The van der Waals surface area contributed by atoms with Crippen molar-refractivity contribution in [1.82, 2.24) is 5.32 Å². The molecular weight excluding hydrogens is 281 g/mol. The number of quaternary nitrogens is 1. The molecule has 2 N–H and O–H groups in total. The molecule has 1 amide bonds. The molecule has 0 bridgehead atoms. The van der Waals surface area contributed by atoms with E-state index in [2.05, 4.69) is 19.2 Å². The summed E-state index contributed by atoms with van der Waals surface area (Å²) >= 11 is 0. The smallest absolute Gasteiger partial charge is 0.352 e. The van der Waals surface area contributed by atoms with Gasteiger partial charge >= 0.3 is 6.18 Å². The number of hydrogen-bond donors (Lipinski definition) is 2. The van der Waals surface area contributed by atoms with E-state index in [0.717, 1.165) is 38.2 Å². The molecule has 0 heterocycles. The van der Waals surface area contributed by atoms with Gasteiger partial charge in [0.2, 0.25) is 0 Å². The minimum absolute atomic E-state index is 0.248. The maximum absolute atomic E-state index is 12.4. The Balaban J connectivity index is 2.42. The van der Waals surface area contributed by atoms with Crippen LogP contribution in [0.2, 0.25) is 0 Å². The van der Waals surface area contributed by atoms with Gasteiger partial charge in [-0.15, -0.1) is 0 Å². The summed E-state index contributed by atoms with van der Waals surface area (Å²) in [4.78, 5) is 13.2. The Morgan fingerprint density at radius 2 is 1.71 bits per heavy atom. The molecule has 0 atom stereocenters. The minimum atomic E-state index is -4.37. The lowest BCUT2D eigenvalue weighted by atomic mass is 10.1. The van der Waals surface area contributed by atoms with Crippen molar-refractivity contribution < 1.29 is 22.9 Å². The second kappa shape index (κ2) is 8.02. The van der Waals surface area contributed by atoms with Crippen molar-refractivity contribution in [1.29, 1.82) is 0 Å². The number of hydrogen-bond acceptors (Lipinski definition) is 1. The maximum atomic E-state index is 12.4. The highest BCUT2D eigenvalue weighted by atomic mass is 19.4. The lowest BCUT2D eigenvalue weighted by Gasteiger charge is -2.15. The molecule has 3 nitrogen and oxygen atoms in total. The second-order valence-electron chi connectivity index (χ2n) is 4.89. The SMILES string of the molecule is CC[NH+](CC)CCCNC(=O)c1ccc(C(F)(F)F)cc1. The Morgan fingerprint density at radius 1 is 1.14 bits per heavy atom. The molecule has 0 saturated heterocycles. The van der Waals surface area contributed by atoms with E-state index in [1.54, 1.807) is 0 Å². The Morgan fingerprint density at radius 3 is 2.19 bits per heavy atom. The predicted molar refractivity (Wildman–Crippen MR) is 75.3 cm³/mol. The van der Waals surface area contributed by atoms with Gasteiger partial charge in [-0.2, -0.15) is 13.2 Å². The fourth-order valence-corrected chi connectivity index (χ4v) is 2.06. The van der Waals surface area contributed by atoms with Crippen LogP contribution in [0, 0.1) is 0 Å². The van der Waals surface area contributed by atoms with Gasteiger partial charge in [0.1, 0.15) is 0 Å². The van der Waals surface area contributed by atoms with Crippen molar-refractivity contribution in [2.24, 2.45) is 0 Å². The van der Waals surface area contributed by atoms with Gasteiger partial charge in [-0.3, -0.25) is 4.79 Å². The van der Waals surface area contributed by atoms with Crippen molar-refractivity contribution in [3.05, 3.63) is 35.4 Å². The fourth-order valence-electron chi connectivity index (χ4n) is 2.06. The summed E-state index contributed by atoms with van der Waals surface area (Å²) in [6, 6.07) is 4.26. The molecule has 0 spiro atoms. The van der Waals surface area contributed by atoms with Crippen LogP contribution in [0.5, 0.6) is 0 Å². The summed E-state index contributed by atoms with van der Waals surface area (Å²) in [6.07, 6.45) is -3.52. The Labute approximate surface area is 123 Å². The average molecular weight is 303 g/mol. The first-order valence-electron chi connectivity index (χ1n) is 7.17. The number of carbonyl (C=O) groups is 1. The Kier molecular flexibility index (Phi) is 6.68. The Bertz CT molecular complexity index is 439. The van der Waals surface area contributed by atoms with E-state index in [4.69, 9.17) is 0 Å². The third-order valence-electron chi connectivity index (χ3n) is 3.47. The molecule has 1 rings (SSSR count). The van der Waals surface area contributed by atoms with Crippen LogP contribution >= 0.6 is 0 Å². The zero-order valence-electron chi connectivity index (χ0n) is 12.4. The number of benzene rings is 1. The van der Waals surface area contributed by atoms with Crippen molar-refractivity contribution in [3.8, 4) is 0 Å². The highest BCUT2D eigenvalue weighted by molar-refractivity contribution is 5.94. The van der Waals surface area contributed by atoms with Gasteiger partial charge in [-0.1, -0.05) is 0 Å². The number of alkyl halides is 3. The lowest BCUT2D eigenvalue weighted by molar-refractivity contribution is -0.896. The van der Waals surface area contributed by atoms with Crippen LogP contribution in [0.25, 0.3) is 0 Å². The molecule has 0 unspecified atom stereocenters. The van der Waals surface area contributed by atoms with Gasteiger partial charge in [-0.25, -0.2) is 0 Å². The van der Waals surface area contributed by atoms with E-state index >= 15 is 0 Å². The monoisotopic (exact) mass is 303 g/mol. The number of rotatable bonds is 7. The van der Waals surface area contributed by atoms with E-state index in [1.807, 2.05) is 0 Å². The van der Waals surface area contributed by atoms with Crippen molar-refractivity contribution >= 4 is 5.91 Å². The molecule has 0 radical (unpaired) electrons. The molecule has 0 aliphatic heterocycles. The Hall–Kier alpha value is -1.56. The van der Waals surface area contributed by atoms with Crippen LogP contribution in [0.1, 0.15) is 36.2 Å². The average Bonchev–Trinajstić information content (AvgIpc) is 2.46. The molecule has 1 aromatic carbocycles. The molecule has 0 saturated carbocycles. The number of amides is 1. The van der Waals surface area contributed by atoms with Crippen LogP contribution < -0.4 is 10.2 Å². The molecule has 1 aromatic rings. The molecular formula is C15H22F3N2O+. The van der Waals surface area contributed by atoms with Crippen LogP contribution in [0.15, 0.2) is 24.3 Å². The number of halogens is 3. The number of carbonyl (C=O) groups excluding carboxylic acids is 1. The van der Waals surface area contributed by atoms with E-state index in [9.17, 15) is 18.0 Å². The molecule has 21 heavy (non-hydrogen) atoms. The highest BCUT2D eigenvalue weighted by Crippen LogP contribution is 2.28. The summed E-state index contributed by atoms with van der Waals surface area (Å²) in [6.45, 7) is 7.82. The summed E-state index contributed by atoms with van der Waals surface area (Å²) in [7, 11) is 0. The van der Waals surface area contributed by atoms with Gasteiger partial charge in [0, 0.05) is 18.5 Å². The summed E-state index contributed by atoms with van der Waals surface area (Å²) < 4.78 is 37.2. The highest BCUT2D eigenvalue weighted by Gasteiger charge is 2.30. The minimum Gasteiger partial charge on any atom is -0.352 e. The largest absolute Gasteiger partial charge is 0.416 e. The molecule has 0 aromatic heterocycles. The first-order valence-corrected chi connectivity index (χ1v) is 7.17. The van der Waals surface area contributed by atoms with Crippen LogP contribution in [-0.4, -0.2) is 32.1 Å². The van der Waals surface area contributed by atoms with Crippen molar-refractivity contribution in [3.63, 3.8) is 0 Å². The van der Waals surface area contributed by atoms with Crippen LogP contribution in [0.3, 0.4) is 0 Å². The van der Waals surface area contributed by atoms with Gasteiger partial charge in [0.15, 0.2) is 0 Å². The van der Waals surface area contributed by atoms with E-state index < -0.39 is 11.7 Å². The molecule has 118 valence electrons. The van der Waals surface area contributed by atoms with E-state index in [0.29, 0.717) is 6.54 Å². The van der Waals surface area contributed by atoms with Crippen molar-refractivity contribution in [2.45, 2.75) is 26.4 Å². The van der Waals surface area contributed by atoms with Gasteiger partial charge < -0.3 is 10.2 Å². The topological polar surface area (TPSA) is 33.5 Å². The van der Waals surface area contributed by atoms with Crippen LogP contribution in [0.4, 0.5) is 13.2 Å². The normalized spacial score (nSPS) is 11.7. The van der Waals surface area contributed by atoms with E-state index in [-0.39, 0.29) is 11.5 Å². The first-order chi connectivity index (χ1) is 9.88. The standard InChI is InChI=1S/C15H21F3N2O/c1-3-20(4-2)11-5-10-19-14(21)12-6-8-13(9-7-12)15(16,17)18/h6-9H,3-5,10-11H2,1-2H3,(H,19,21)/p+1. The third kappa shape index (κ3) is 5.75. The lowest BCUT2D eigenvalue weighted by Crippen LogP contribution is -3.11. The predicted octanol–water partition coefficient (Wildman–Crippen LogP) is 1.75. The molecule has 0 aliphatic rings. The number of nitrogens with one attached hydrogen (secondary N) is 2.